The van der Waals surface area contributed by atoms with Gasteiger partial charge in [0.25, 0.3) is 0 Å². The third-order valence-corrected chi connectivity index (χ3v) is 5.68. The van der Waals surface area contributed by atoms with Crippen LogP contribution in [0.3, 0.4) is 0 Å². The van der Waals surface area contributed by atoms with Crippen molar-refractivity contribution in [2.45, 2.75) is 44.1 Å². The van der Waals surface area contributed by atoms with Crippen molar-refractivity contribution >= 4 is 29.3 Å². The van der Waals surface area contributed by atoms with E-state index in [0.29, 0.717) is 36.8 Å². The molecule has 0 radical (unpaired) electrons. The minimum Gasteiger partial charge on any atom is -0.469 e. The normalized spacial score (nSPS) is 15.5. The molecule has 8 nitrogen and oxygen atoms in total. The Bertz CT molecular complexity index is 814. The number of amides is 1. The van der Waals surface area contributed by atoms with Crippen LogP contribution in [0, 0.1) is 5.92 Å². The van der Waals surface area contributed by atoms with E-state index in [1.54, 1.807) is 4.52 Å². The second-order valence-corrected chi connectivity index (χ2v) is 8.04. The van der Waals surface area contributed by atoms with E-state index in [9.17, 15) is 9.59 Å². The highest BCUT2D eigenvalue weighted by Gasteiger charge is 2.24. The SMILES string of the molecule is COC(=O)CC1CCN(C(=O)CSc2ccc3nnc(C(C)C)n3n2)CC1. The van der Waals surface area contributed by atoms with E-state index in [1.165, 1.54) is 18.9 Å². The maximum Gasteiger partial charge on any atom is 0.305 e. The fourth-order valence-electron chi connectivity index (χ4n) is 3.16. The third kappa shape index (κ3) is 4.77. The first-order chi connectivity index (χ1) is 13.0. The molecule has 0 aromatic carbocycles. The van der Waals surface area contributed by atoms with Gasteiger partial charge in [-0.05, 0) is 30.9 Å². The summed E-state index contributed by atoms with van der Waals surface area (Å²) >= 11 is 1.42. The molecule has 27 heavy (non-hydrogen) atoms. The monoisotopic (exact) mass is 391 g/mol. The van der Waals surface area contributed by atoms with Crippen molar-refractivity contribution in [3.05, 3.63) is 18.0 Å². The lowest BCUT2D eigenvalue weighted by Gasteiger charge is -2.31. The molecule has 2 aromatic heterocycles. The number of nitrogens with zero attached hydrogens (tertiary/aromatic N) is 5. The van der Waals surface area contributed by atoms with E-state index in [0.717, 1.165) is 23.7 Å². The number of piperidine rings is 1. The molecule has 1 aliphatic rings. The first-order valence-corrected chi connectivity index (χ1v) is 10.2. The van der Waals surface area contributed by atoms with Crippen LogP contribution >= 0.6 is 11.8 Å². The van der Waals surface area contributed by atoms with Gasteiger partial charge in [0.15, 0.2) is 11.5 Å². The molecule has 1 fully saturated rings. The molecule has 0 saturated carbocycles. The van der Waals surface area contributed by atoms with Gasteiger partial charge in [0, 0.05) is 25.4 Å². The fraction of sp³-hybridized carbons (Fsp3) is 0.611. The summed E-state index contributed by atoms with van der Waals surface area (Å²) in [5, 5.41) is 13.6. The zero-order valence-corrected chi connectivity index (χ0v) is 16.7. The molecule has 2 aromatic rings. The van der Waals surface area contributed by atoms with E-state index in [1.807, 2.05) is 30.9 Å². The first kappa shape index (κ1) is 19.6. The maximum atomic E-state index is 12.5. The van der Waals surface area contributed by atoms with Crippen molar-refractivity contribution < 1.29 is 14.3 Å². The molecule has 0 spiro atoms. The Morgan fingerprint density at radius 3 is 2.67 bits per heavy atom. The smallest absolute Gasteiger partial charge is 0.305 e. The van der Waals surface area contributed by atoms with E-state index < -0.39 is 0 Å². The molecule has 1 saturated heterocycles. The maximum absolute atomic E-state index is 12.5. The highest BCUT2D eigenvalue weighted by molar-refractivity contribution is 7.99. The summed E-state index contributed by atoms with van der Waals surface area (Å²) in [6, 6.07) is 3.74. The summed E-state index contributed by atoms with van der Waals surface area (Å²) in [4.78, 5) is 25.7. The second-order valence-electron chi connectivity index (χ2n) is 7.05. The molecule has 1 aliphatic heterocycles. The number of hydrogen-bond donors (Lipinski definition) is 0. The Hall–Kier alpha value is -2.16. The summed E-state index contributed by atoms with van der Waals surface area (Å²) in [6.45, 7) is 5.48. The minimum absolute atomic E-state index is 0.103. The van der Waals surface area contributed by atoms with Gasteiger partial charge in [-0.15, -0.1) is 10.2 Å². The van der Waals surface area contributed by atoms with Crippen molar-refractivity contribution in [3.8, 4) is 0 Å². The predicted molar refractivity (Wildman–Crippen MR) is 102 cm³/mol. The molecule has 0 aliphatic carbocycles. The Morgan fingerprint density at radius 1 is 1.26 bits per heavy atom. The highest BCUT2D eigenvalue weighted by Crippen LogP contribution is 2.23. The molecule has 3 rings (SSSR count). The predicted octanol–water partition coefficient (Wildman–Crippen LogP) is 2.14. The zero-order chi connectivity index (χ0) is 19.4. The number of esters is 1. The van der Waals surface area contributed by atoms with Crippen molar-refractivity contribution in [2.24, 2.45) is 5.92 Å². The van der Waals surface area contributed by atoms with Gasteiger partial charge in [-0.3, -0.25) is 9.59 Å². The van der Waals surface area contributed by atoms with Gasteiger partial charge in [0.2, 0.25) is 5.91 Å². The number of likely N-dealkylation sites (tertiary alicyclic amines) is 1. The van der Waals surface area contributed by atoms with Crippen LogP contribution in [-0.2, 0) is 14.3 Å². The largest absolute Gasteiger partial charge is 0.469 e. The summed E-state index contributed by atoms with van der Waals surface area (Å²) in [7, 11) is 1.41. The van der Waals surface area contributed by atoms with E-state index in [4.69, 9.17) is 4.74 Å². The van der Waals surface area contributed by atoms with Gasteiger partial charge in [-0.1, -0.05) is 25.6 Å². The van der Waals surface area contributed by atoms with Gasteiger partial charge in [-0.2, -0.15) is 9.61 Å². The Kier molecular flexibility index (Phi) is 6.30. The highest BCUT2D eigenvalue weighted by atomic mass is 32.2. The van der Waals surface area contributed by atoms with Crippen molar-refractivity contribution in [1.82, 2.24) is 24.7 Å². The number of carbonyl (C=O) groups excluding carboxylic acids is 2. The number of rotatable bonds is 6. The van der Waals surface area contributed by atoms with Gasteiger partial charge in [0.1, 0.15) is 5.03 Å². The number of fused-ring (bicyclic) bond motifs is 1. The molecule has 1 amide bonds. The third-order valence-electron chi connectivity index (χ3n) is 4.77. The lowest BCUT2D eigenvalue weighted by Crippen LogP contribution is -2.39. The first-order valence-electron chi connectivity index (χ1n) is 9.17. The molecular weight excluding hydrogens is 366 g/mol. The van der Waals surface area contributed by atoms with Crippen LogP contribution in [0.15, 0.2) is 17.2 Å². The molecule has 146 valence electrons. The second kappa shape index (κ2) is 8.69. The average molecular weight is 391 g/mol. The van der Waals surface area contributed by atoms with Crippen molar-refractivity contribution in [3.63, 3.8) is 0 Å². The quantitative estimate of drug-likeness (QED) is 0.550. The topological polar surface area (TPSA) is 89.7 Å². The molecule has 3 heterocycles. The van der Waals surface area contributed by atoms with E-state index in [2.05, 4.69) is 15.3 Å². The molecular formula is C18H25N5O3S. The number of carbonyl (C=O) groups is 2. The zero-order valence-electron chi connectivity index (χ0n) is 15.9. The van der Waals surface area contributed by atoms with Gasteiger partial charge in [-0.25, -0.2) is 0 Å². The van der Waals surface area contributed by atoms with Crippen LogP contribution in [0.1, 0.15) is 44.9 Å². The van der Waals surface area contributed by atoms with Crippen LogP contribution in [-0.4, -0.2) is 62.5 Å². The summed E-state index contributed by atoms with van der Waals surface area (Å²) < 4.78 is 6.47. The summed E-state index contributed by atoms with van der Waals surface area (Å²) in [5.74, 6) is 1.62. The Labute approximate surface area is 162 Å². The average Bonchev–Trinajstić information content (AvgIpc) is 3.10. The van der Waals surface area contributed by atoms with Crippen LogP contribution in [0.5, 0.6) is 0 Å². The Morgan fingerprint density at radius 2 is 2.00 bits per heavy atom. The molecule has 0 atom stereocenters. The van der Waals surface area contributed by atoms with Crippen LogP contribution in [0.25, 0.3) is 5.65 Å². The van der Waals surface area contributed by atoms with Crippen LogP contribution < -0.4 is 0 Å². The van der Waals surface area contributed by atoms with E-state index in [-0.39, 0.29) is 17.8 Å². The molecule has 9 heteroatoms. The number of thioether (sulfide) groups is 1. The summed E-state index contributed by atoms with van der Waals surface area (Å²) in [6.07, 6.45) is 2.12. The minimum atomic E-state index is -0.174. The molecule has 0 bridgehead atoms. The van der Waals surface area contributed by atoms with Gasteiger partial charge < -0.3 is 9.64 Å². The van der Waals surface area contributed by atoms with Gasteiger partial charge in [0.05, 0.1) is 12.9 Å². The van der Waals surface area contributed by atoms with Crippen LogP contribution in [0.2, 0.25) is 0 Å². The van der Waals surface area contributed by atoms with E-state index >= 15 is 0 Å². The van der Waals surface area contributed by atoms with Crippen molar-refractivity contribution in [2.75, 3.05) is 26.0 Å². The number of methoxy groups -OCH3 is 1. The van der Waals surface area contributed by atoms with Crippen LogP contribution in [0.4, 0.5) is 0 Å². The number of ether oxygens (including phenoxy) is 1. The molecule has 0 N–H and O–H groups in total. The van der Waals surface area contributed by atoms with Gasteiger partial charge >= 0.3 is 5.97 Å². The molecule has 0 unspecified atom stereocenters. The number of hydrogen-bond acceptors (Lipinski definition) is 7. The lowest BCUT2D eigenvalue weighted by molar-refractivity contribution is -0.142. The fourth-order valence-corrected chi connectivity index (χ4v) is 3.92. The summed E-state index contributed by atoms with van der Waals surface area (Å²) in [5.41, 5.74) is 0.710. The number of aromatic nitrogens is 4. The Balaban J connectivity index is 1.53. The van der Waals surface area contributed by atoms with Crippen molar-refractivity contribution in [1.29, 1.82) is 0 Å². The lowest BCUT2D eigenvalue weighted by atomic mass is 9.93. The standard InChI is InChI=1S/C18H25N5O3S/c1-12(2)18-20-19-14-4-5-15(21-23(14)18)27-11-16(24)22-8-6-13(7-9-22)10-17(25)26-3/h4-5,12-13H,6-11H2,1-3H3.